The second-order valence-electron chi connectivity index (χ2n) is 7.30. The van der Waals surface area contributed by atoms with E-state index in [1.54, 1.807) is 0 Å². The lowest BCUT2D eigenvalue weighted by Gasteiger charge is -2.38. The molecule has 1 aliphatic carbocycles. The van der Waals surface area contributed by atoms with E-state index >= 15 is 0 Å². The number of rotatable bonds is 2. The summed E-state index contributed by atoms with van der Waals surface area (Å²) in [6, 6.07) is 21.2. The summed E-state index contributed by atoms with van der Waals surface area (Å²) < 4.78 is 6.58. The molecule has 116 valence electrons. The fraction of sp³-hybridized carbons (Fsp3) is 0.381. The van der Waals surface area contributed by atoms with E-state index in [-0.39, 0.29) is 23.0 Å². The summed E-state index contributed by atoms with van der Waals surface area (Å²) in [4.78, 5) is 12.5. The van der Waals surface area contributed by atoms with Crippen LogP contribution in [0.4, 0.5) is 0 Å². The predicted molar refractivity (Wildman–Crippen MR) is 88.1 cm³/mol. The molecule has 1 saturated carbocycles. The zero-order valence-corrected chi connectivity index (χ0v) is 13.1. The van der Waals surface area contributed by atoms with Gasteiger partial charge in [0, 0.05) is 17.8 Å². The average Bonchev–Trinajstić information content (AvgIpc) is 3.34. The Hall–Kier alpha value is -1.93. The van der Waals surface area contributed by atoms with Crippen LogP contribution >= 0.6 is 0 Å². The summed E-state index contributed by atoms with van der Waals surface area (Å²) in [5.41, 5.74) is 2.25. The SMILES string of the molecule is O=C1CC[C@@]2(c3ccccc3)O[C@@H]1C1(CC1)[C@@H]2c1ccccc1. The summed E-state index contributed by atoms with van der Waals surface area (Å²) in [5.74, 6) is 0.600. The number of benzene rings is 2. The maximum atomic E-state index is 12.5. The van der Waals surface area contributed by atoms with E-state index in [1.165, 1.54) is 11.1 Å². The first kappa shape index (κ1) is 13.5. The van der Waals surface area contributed by atoms with Crippen molar-refractivity contribution >= 4 is 5.78 Å². The third kappa shape index (κ3) is 1.70. The molecule has 5 rings (SSSR count). The molecule has 0 amide bonds. The molecule has 2 nitrogen and oxygen atoms in total. The van der Waals surface area contributed by atoms with Gasteiger partial charge < -0.3 is 4.74 Å². The Bertz CT molecular complexity index is 748. The van der Waals surface area contributed by atoms with Crippen LogP contribution in [-0.2, 0) is 15.1 Å². The third-order valence-corrected chi connectivity index (χ3v) is 6.15. The van der Waals surface area contributed by atoms with Gasteiger partial charge in [0.25, 0.3) is 0 Å². The highest BCUT2D eigenvalue weighted by Crippen LogP contribution is 2.73. The van der Waals surface area contributed by atoms with Crippen LogP contribution in [0, 0.1) is 5.41 Å². The van der Waals surface area contributed by atoms with Gasteiger partial charge in [-0.25, -0.2) is 0 Å². The molecule has 3 aliphatic rings. The summed E-state index contributed by atoms with van der Waals surface area (Å²) in [7, 11) is 0. The van der Waals surface area contributed by atoms with Crippen LogP contribution in [0.1, 0.15) is 42.7 Å². The van der Waals surface area contributed by atoms with Gasteiger partial charge in [-0.15, -0.1) is 0 Å². The Morgan fingerprint density at radius 3 is 2.17 bits per heavy atom. The molecule has 2 aromatic carbocycles. The van der Waals surface area contributed by atoms with Gasteiger partial charge in [-0.1, -0.05) is 60.7 Å². The van der Waals surface area contributed by atoms with E-state index in [4.69, 9.17) is 4.74 Å². The number of fused-ring (bicyclic) bond motifs is 3. The highest BCUT2D eigenvalue weighted by molar-refractivity contribution is 5.87. The van der Waals surface area contributed by atoms with Gasteiger partial charge in [-0.2, -0.15) is 0 Å². The molecular weight excluding hydrogens is 284 g/mol. The van der Waals surface area contributed by atoms with Crippen molar-refractivity contribution in [3.8, 4) is 0 Å². The fourth-order valence-corrected chi connectivity index (χ4v) is 5.08. The molecule has 2 heteroatoms. The number of hydrogen-bond acceptors (Lipinski definition) is 2. The molecule has 1 spiro atoms. The van der Waals surface area contributed by atoms with Gasteiger partial charge in [-0.3, -0.25) is 4.79 Å². The van der Waals surface area contributed by atoms with Crippen LogP contribution in [0.15, 0.2) is 60.7 Å². The van der Waals surface area contributed by atoms with Crippen molar-refractivity contribution in [3.63, 3.8) is 0 Å². The van der Waals surface area contributed by atoms with E-state index in [0.29, 0.717) is 12.2 Å². The zero-order chi connectivity index (χ0) is 15.5. The molecule has 2 saturated heterocycles. The number of ether oxygens (including phenoxy) is 1. The van der Waals surface area contributed by atoms with E-state index < -0.39 is 0 Å². The lowest BCUT2D eigenvalue weighted by Crippen LogP contribution is -2.38. The molecule has 2 aromatic rings. The predicted octanol–water partition coefficient (Wildman–Crippen LogP) is 4.21. The Kier molecular flexibility index (Phi) is 2.67. The highest BCUT2D eigenvalue weighted by Gasteiger charge is 2.72. The van der Waals surface area contributed by atoms with Crippen molar-refractivity contribution in [1.29, 1.82) is 0 Å². The summed E-state index contributed by atoms with van der Waals surface area (Å²) >= 11 is 0. The standard InChI is InChI=1S/C21H20O2/c22-17-11-12-21(16-9-5-2-6-10-16)18(15-7-3-1-4-8-15)20(13-14-20)19(17)23-21/h1-10,18-19H,11-14H2/t18-,19-,21-/m0/s1. The number of Topliss-reactive ketones (excluding diaryl/α,β-unsaturated/α-hetero) is 1. The topological polar surface area (TPSA) is 26.3 Å². The van der Waals surface area contributed by atoms with Crippen LogP contribution in [0.5, 0.6) is 0 Å². The number of carbonyl (C=O) groups is 1. The van der Waals surface area contributed by atoms with Crippen molar-refractivity contribution in [1.82, 2.24) is 0 Å². The monoisotopic (exact) mass is 304 g/mol. The van der Waals surface area contributed by atoms with Gasteiger partial charge in [0.2, 0.25) is 0 Å². The van der Waals surface area contributed by atoms with Crippen LogP contribution in [0.25, 0.3) is 0 Å². The first-order chi connectivity index (χ1) is 11.3. The average molecular weight is 304 g/mol. The minimum atomic E-state index is -0.336. The smallest absolute Gasteiger partial charge is 0.162 e. The zero-order valence-electron chi connectivity index (χ0n) is 13.1. The second-order valence-corrected chi connectivity index (χ2v) is 7.30. The minimum absolute atomic E-state index is 0.0325. The maximum absolute atomic E-state index is 12.5. The molecule has 2 heterocycles. The van der Waals surface area contributed by atoms with Crippen LogP contribution < -0.4 is 0 Å². The van der Waals surface area contributed by atoms with Gasteiger partial charge in [0.1, 0.15) is 11.7 Å². The molecule has 23 heavy (non-hydrogen) atoms. The Morgan fingerprint density at radius 1 is 0.870 bits per heavy atom. The maximum Gasteiger partial charge on any atom is 0.162 e. The number of carbonyl (C=O) groups excluding carboxylic acids is 1. The van der Waals surface area contributed by atoms with Gasteiger partial charge in [-0.05, 0) is 30.4 Å². The highest BCUT2D eigenvalue weighted by atomic mass is 16.5. The summed E-state index contributed by atoms with van der Waals surface area (Å²) in [5, 5.41) is 0. The van der Waals surface area contributed by atoms with Crippen LogP contribution in [0.3, 0.4) is 0 Å². The van der Waals surface area contributed by atoms with E-state index in [9.17, 15) is 4.79 Å². The van der Waals surface area contributed by atoms with Crippen molar-refractivity contribution in [3.05, 3.63) is 71.8 Å². The first-order valence-electron chi connectivity index (χ1n) is 8.57. The van der Waals surface area contributed by atoms with E-state index in [2.05, 4.69) is 54.6 Å². The molecule has 0 unspecified atom stereocenters. The number of hydrogen-bond donors (Lipinski definition) is 0. The first-order valence-corrected chi connectivity index (χ1v) is 8.57. The minimum Gasteiger partial charge on any atom is -0.358 e. The molecule has 2 bridgehead atoms. The normalized spacial score (nSPS) is 33.8. The molecule has 0 aromatic heterocycles. The molecular formula is C21H20O2. The molecule has 0 radical (unpaired) electrons. The van der Waals surface area contributed by atoms with E-state index in [1.807, 2.05) is 6.07 Å². The van der Waals surface area contributed by atoms with Gasteiger partial charge in [0.05, 0.1) is 0 Å². The van der Waals surface area contributed by atoms with Crippen LogP contribution in [0.2, 0.25) is 0 Å². The Morgan fingerprint density at radius 2 is 1.52 bits per heavy atom. The number of ketones is 1. The summed E-state index contributed by atoms with van der Waals surface area (Å²) in [6.07, 6.45) is 3.45. The van der Waals surface area contributed by atoms with Crippen molar-refractivity contribution in [2.45, 2.75) is 43.3 Å². The second kappa shape index (κ2) is 4.55. The van der Waals surface area contributed by atoms with Crippen molar-refractivity contribution in [2.24, 2.45) is 5.41 Å². The Labute approximate surface area is 136 Å². The fourth-order valence-electron chi connectivity index (χ4n) is 5.08. The molecule has 3 fully saturated rings. The van der Waals surface area contributed by atoms with Gasteiger partial charge >= 0.3 is 0 Å². The van der Waals surface area contributed by atoms with Crippen molar-refractivity contribution < 1.29 is 9.53 Å². The third-order valence-electron chi connectivity index (χ3n) is 6.15. The van der Waals surface area contributed by atoms with Gasteiger partial charge in [0.15, 0.2) is 5.78 Å². The Balaban J connectivity index is 1.73. The lowest BCUT2D eigenvalue weighted by molar-refractivity contribution is -0.149. The largest absolute Gasteiger partial charge is 0.358 e. The quantitative estimate of drug-likeness (QED) is 0.831. The lowest BCUT2D eigenvalue weighted by atomic mass is 9.70. The van der Waals surface area contributed by atoms with Crippen molar-refractivity contribution in [2.75, 3.05) is 0 Å². The van der Waals surface area contributed by atoms with Crippen LogP contribution in [-0.4, -0.2) is 11.9 Å². The van der Waals surface area contributed by atoms with E-state index in [0.717, 1.165) is 19.3 Å². The molecule has 2 aliphatic heterocycles. The molecule has 3 atom stereocenters. The molecule has 0 N–H and O–H groups in total. The summed E-state index contributed by atoms with van der Waals surface area (Å²) in [6.45, 7) is 0.